The highest BCUT2D eigenvalue weighted by Gasteiger charge is 2.45. The van der Waals surface area contributed by atoms with E-state index < -0.39 is 11.6 Å². The predicted octanol–water partition coefficient (Wildman–Crippen LogP) is 2.20. The van der Waals surface area contributed by atoms with Crippen LogP contribution in [-0.2, 0) is 11.2 Å². The highest BCUT2D eigenvalue weighted by atomic mass is 16.2. The van der Waals surface area contributed by atoms with Crippen molar-refractivity contribution in [2.75, 3.05) is 0 Å². The third-order valence-electron chi connectivity index (χ3n) is 4.27. The summed E-state index contributed by atoms with van der Waals surface area (Å²) in [5, 5.41) is 14.8. The van der Waals surface area contributed by atoms with E-state index in [4.69, 9.17) is 0 Å². The van der Waals surface area contributed by atoms with Gasteiger partial charge in [0.15, 0.2) is 0 Å². The van der Waals surface area contributed by atoms with Gasteiger partial charge in [-0.05, 0) is 30.5 Å². The smallest absolute Gasteiger partial charge is 0.251 e. The number of nitriles is 1. The monoisotopic (exact) mass is 333 g/mol. The summed E-state index contributed by atoms with van der Waals surface area (Å²) in [6.45, 7) is 0. The quantitative estimate of drug-likeness (QED) is 0.850. The van der Waals surface area contributed by atoms with Gasteiger partial charge in [-0.2, -0.15) is 5.26 Å². The maximum atomic E-state index is 12.7. The highest BCUT2D eigenvalue weighted by molar-refractivity contribution is 5.97. The summed E-state index contributed by atoms with van der Waals surface area (Å²) in [4.78, 5) is 25.1. The van der Waals surface area contributed by atoms with Crippen molar-refractivity contribution in [1.82, 2.24) is 10.6 Å². The number of nitrogens with zero attached hydrogens (tertiary/aromatic N) is 1. The van der Waals surface area contributed by atoms with Crippen molar-refractivity contribution in [2.45, 2.75) is 30.8 Å². The van der Waals surface area contributed by atoms with Gasteiger partial charge in [0.2, 0.25) is 5.91 Å². The SMILES string of the molecule is N#CC1(NC(=O)[C@H](Cc2ccccc2)NC(=O)c2ccccc2)CC1. The molecule has 0 bridgehead atoms. The zero-order chi connectivity index (χ0) is 17.7. The third kappa shape index (κ3) is 4.24. The molecule has 0 spiro atoms. The van der Waals surface area contributed by atoms with E-state index in [-0.39, 0.29) is 11.8 Å². The molecule has 126 valence electrons. The van der Waals surface area contributed by atoms with E-state index in [1.165, 1.54) is 0 Å². The molecule has 1 aliphatic carbocycles. The topological polar surface area (TPSA) is 82.0 Å². The fourth-order valence-electron chi connectivity index (χ4n) is 2.60. The van der Waals surface area contributed by atoms with Gasteiger partial charge in [-0.1, -0.05) is 48.5 Å². The van der Waals surface area contributed by atoms with Gasteiger partial charge >= 0.3 is 0 Å². The Kier molecular flexibility index (Phi) is 4.80. The van der Waals surface area contributed by atoms with Crippen molar-refractivity contribution in [2.24, 2.45) is 0 Å². The Morgan fingerprint density at radius 3 is 2.20 bits per heavy atom. The number of benzene rings is 2. The fraction of sp³-hybridized carbons (Fsp3) is 0.250. The number of amides is 2. The molecule has 0 unspecified atom stereocenters. The van der Waals surface area contributed by atoms with Crippen LogP contribution in [0.15, 0.2) is 60.7 Å². The molecular weight excluding hydrogens is 314 g/mol. The minimum atomic E-state index is -0.760. The zero-order valence-electron chi connectivity index (χ0n) is 13.7. The van der Waals surface area contributed by atoms with Crippen LogP contribution in [0.3, 0.4) is 0 Å². The van der Waals surface area contributed by atoms with Crippen LogP contribution in [0.1, 0.15) is 28.8 Å². The van der Waals surface area contributed by atoms with Gasteiger partial charge in [0.1, 0.15) is 11.6 Å². The molecule has 5 heteroatoms. The Bertz CT molecular complexity index is 793. The molecule has 2 amide bonds. The Hall–Kier alpha value is -3.13. The van der Waals surface area contributed by atoms with Gasteiger partial charge in [-0.15, -0.1) is 0 Å². The summed E-state index contributed by atoms with van der Waals surface area (Å²) in [7, 11) is 0. The molecule has 1 fully saturated rings. The minimum absolute atomic E-state index is 0.307. The lowest BCUT2D eigenvalue weighted by molar-refractivity contribution is -0.123. The van der Waals surface area contributed by atoms with E-state index in [2.05, 4.69) is 16.7 Å². The van der Waals surface area contributed by atoms with Crippen LogP contribution in [0, 0.1) is 11.3 Å². The van der Waals surface area contributed by atoms with Crippen molar-refractivity contribution in [3.8, 4) is 6.07 Å². The average molecular weight is 333 g/mol. The minimum Gasteiger partial charge on any atom is -0.340 e. The van der Waals surface area contributed by atoms with Gasteiger partial charge in [0, 0.05) is 12.0 Å². The van der Waals surface area contributed by atoms with Crippen LogP contribution in [0.4, 0.5) is 0 Å². The van der Waals surface area contributed by atoms with Gasteiger partial charge in [-0.3, -0.25) is 9.59 Å². The standard InChI is InChI=1S/C20H19N3O2/c21-14-20(11-12-20)23-19(25)17(13-15-7-3-1-4-8-15)22-18(24)16-9-5-2-6-10-16/h1-10,17H,11-13H2,(H,22,24)(H,23,25)/t17-/m0/s1. The molecular formula is C20H19N3O2. The van der Waals surface area contributed by atoms with Crippen molar-refractivity contribution in [3.05, 3.63) is 71.8 Å². The van der Waals surface area contributed by atoms with Crippen LogP contribution in [0.2, 0.25) is 0 Å². The predicted molar refractivity (Wildman–Crippen MR) is 93.6 cm³/mol. The molecule has 1 saturated carbocycles. The van der Waals surface area contributed by atoms with Crippen LogP contribution in [0.5, 0.6) is 0 Å². The molecule has 1 aliphatic rings. The zero-order valence-corrected chi connectivity index (χ0v) is 13.7. The lowest BCUT2D eigenvalue weighted by atomic mass is 10.0. The molecule has 2 N–H and O–H groups in total. The first-order chi connectivity index (χ1) is 12.1. The summed E-state index contributed by atoms with van der Waals surface area (Å²) in [5.74, 6) is -0.634. The Labute approximate surface area is 146 Å². The molecule has 0 aromatic heterocycles. The number of nitrogens with one attached hydrogen (secondary N) is 2. The maximum absolute atomic E-state index is 12.7. The third-order valence-corrected chi connectivity index (χ3v) is 4.27. The van der Waals surface area contributed by atoms with E-state index in [0.717, 1.165) is 5.56 Å². The first-order valence-electron chi connectivity index (χ1n) is 8.25. The number of rotatable bonds is 6. The summed E-state index contributed by atoms with van der Waals surface area (Å²) in [6.07, 6.45) is 1.67. The number of hydrogen-bond donors (Lipinski definition) is 2. The first kappa shape index (κ1) is 16.7. The highest BCUT2D eigenvalue weighted by Crippen LogP contribution is 2.34. The lowest BCUT2D eigenvalue weighted by Gasteiger charge is -2.20. The largest absolute Gasteiger partial charge is 0.340 e. The van der Waals surface area contributed by atoms with Crippen molar-refractivity contribution < 1.29 is 9.59 Å². The van der Waals surface area contributed by atoms with Gasteiger partial charge < -0.3 is 10.6 Å². The van der Waals surface area contributed by atoms with Gasteiger partial charge in [0.25, 0.3) is 5.91 Å². The van der Waals surface area contributed by atoms with E-state index in [1.54, 1.807) is 24.3 Å². The molecule has 25 heavy (non-hydrogen) atoms. The van der Waals surface area contributed by atoms with Crippen molar-refractivity contribution in [3.63, 3.8) is 0 Å². The fourth-order valence-corrected chi connectivity index (χ4v) is 2.60. The normalized spacial score (nSPS) is 15.5. The van der Waals surface area contributed by atoms with E-state index >= 15 is 0 Å². The molecule has 2 aromatic carbocycles. The summed E-state index contributed by atoms with van der Waals surface area (Å²) in [5.41, 5.74) is 0.677. The molecule has 0 aliphatic heterocycles. The average Bonchev–Trinajstić information content (AvgIpc) is 3.42. The van der Waals surface area contributed by atoms with Crippen LogP contribution in [0.25, 0.3) is 0 Å². The molecule has 0 heterocycles. The second-order valence-corrected chi connectivity index (χ2v) is 6.26. The van der Waals surface area contributed by atoms with Crippen molar-refractivity contribution >= 4 is 11.8 Å². The van der Waals surface area contributed by atoms with Crippen LogP contribution < -0.4 is 10.6 Å². The maximum Gasteiger partial charge on any atom is 0.251 e. The number of carbonyl (C=O) groups excluding carboxylic acids is 2. The van der Waals surface area contributed by atoms with Crippen molar-refractivity contribution in [1.29, 1.82) is 5.26 Å². The number of carbonyl (C=O) groups is 2. The summed E-state index contributed by atoms with van der Waals surface area (Å²) >= 11 is 0. The molecule has 3 rings (SSSR count). The summed E-state index contributed by atoms with van der Waals surface area (Å²) < 4.78 is 0. The molecule has 0 saturated heterocycles. The Morgan fingerprint density at radius 2 is 1.64 bits per heavy atom. The first-order valence-corrected chi connectivity index (χ1v) is 8.25. The second-order valence-electron chi connectivity index (χ2n) is 6.26. The van der Waals surface area contributed by atoms with E-state index in [0.29, 0.717) is 24.8 Å². The van der Waals surface area contributed by atoms with E-state index in [9.17, 15) is 14.9 Å². The Balaban J connectivity index is 1.75. The second kappa shape index (κ2) is 7.18. The van der Waals surface area contributed by atoms with Gasteiger partial charge in [0.05, 0.1) is 6.07 Å². The van der Waals surface area contributed by atoms with E-state index in [1.807, 2.05) is 36.4 Å². The number of hydrogen-bond acceptors (Lipinski definition) is 3. The Morgan fingerprint density at radius 1 is 1.04 bits per heavy atom. The van der Waals surface area contributed by atoms with Crippen LogP contribution >= 0.6 is 0 Å². The molecule has 0 radical (unpaired) electrons. The summed E-state index contributed by atoms with van der Waals surface area (Å²) in [6, 6.07) is 19.7. The van der Waals surface area contributed by atoms with Gasteiger partial charge in [-0.25, -0.2) is 0 Å². The molecule has 1 atom stereocenters. The van der Waals surface area contributed by atoms with Crippen LogP contribution in [-0.4, -0.2) is 23.4 Å². The lowest BCUT2D eigenvalue weighted by Crippen LogP contribution is -2.51. The molecule has 2 aromatic rings. The molecule has 5 nitrogen and oxygen atoms in total.